The molecule has 0 heterocycles. The number of nitrogens with one attached hydrogen (secondary N) is 1. The van der Waals surface area contributed by atoms with E-state index in [4.69, 9.17) is 14.7 Å². The molecule has 0 saturated carbocycles. The van der Waals surface area contributed by atoms with Crippen LogP contribution in [0.4, 0.5) is 0 Å². The zero-order valence-electron chi connectivity index (χ0n) is 10.5. The first kappa shape index (κ1) is 20.3. The van der Waals surface area contributed by atoms with Crippen LogP contribution in [0.5, 0.6) is 5.75 Å². The monoisotopic (exact) mass is 445 g/mol. The molecule has 2 atom stereocenters. The number of ether oxygens (including phenoxy) is 1. The quantitative estimate of drug-likeness (QED) is 0.453. The summed E-state index contributed by atoms with van der Waals surface area (Å²) >= 11 is 0. The summed E-state index contributed by atoms with van der Waals surface area (Å²) in [6, 6.07) is 9.48. The van der Waals surface area contributed by atoms with E-state index in [1.807, 2.05) is 30.3 Å². The molecule has 1 rings (SSSR count). The van der Waals surface area contributed by atoms with Crippen molar-refractivity contribution in [1.82, 2.24) is 5.09 Å². The number of methoxy groups -OCH3 is 1. The van der Waals surface area contributed by atoms with Crippen LogP contribution in [0.1, 0.15) is 6.92 Å². The van der Waals surface area contributed by atoms with E-state index in [9.17, 15) is 0 Å². The Bertz CT molecular complexity index is 262. The Kier molecular flexibility index (Phi) is 17.0. The third-order valence-electron chi connectivity index (χ3n) is 1.48. The number of para-hydroxylation sites is 1. The zero-order chi connectivity index (χ0) is 12.9. The van der Waals surface area contributed by atoms with E-state index in [1.165, 1.54) is 0 Å². The van der Waals surface area contributed by atoms with Gasteiger partial charge >= 0.3 is 0 Å². The van der Waals surface area contributed by atoms with Gasteiger partial charge in [0.15, 0.2) is 0 Å². The maximum Gasteiger partial charge on any atom is 0.148 e. The first-order chi connectivity index (χ1) is 8.20. The van der Waals surface area contributed by atoms with E-state index >= 15 is 0 Å². The van der Waals surface area contributed by atoms with E-state index in [0.717, 1.165) is 5.75 Å². The first-order valence-electron chi connectivity index (χ1n) is 5.21. The number of hydrogen-bond donors (Lipinski definition) is 3. The third kappa shape index (κ3) is 14.0. The number of hydrogen-bond acceptors (Lipinski definition) is 5. The van der Waals surface area contributed by atoms with Crippen LogP contribution >= 0.6 is 8.96 Å². The van der Waals surface area contributed by atoms with Gasteiger partial charge in [0.2, 0.25) is 0 Å². The molecule has 0 bridgehead atoms. The molecule has 5 nitrogen and oxygen atoms in total. The van der Waals surface area contributed by atoms with Crippen molar-refractivity contribution in [3.05, 3.63) is 30.3 Å². The number of benzene rings is 1. The van der Waals surface area contributed by atoms with E-state index in [2.05, 4.69) is 9.82 Å². The maximum atomic E-state index is 8.85. The van der Waals surface area contributed by atoms with Gasteiger partial charge in [-0.2, -0.15) is 0 Å². The number of rotatable bonds is 6. The van der Waals surface area contributed by atoms with E-state index in [1.54, 1.807) is 14.0 Å². The van der Waals surface area contributed by atoms with Crippen molar-refractivity contribution in [1.29, 1.82) is 0 Å². The van der Waals surface area contributed by atoms with Crippen LogP contribution in [0.3, 0.4) is 0 Å². The van der Waals surface area contributed by atoms with Gasteiger partial charge in [0, 0.05) is 28.2 Å². The fourth-order valence-corrected chi connectivity index (χ4v) is 1.24. The minimum Gasteiger partial charge on any atom is -0.461 e. The van der Waals surface area contributed by atoms with Crippen molar-refractivity contribution >= 4 is 8.96 Å². The molecule has 1 unspecified atom stereocenters. The maximum absolute atomic E-state index is 8.85. The number of aliphatic hydroxyl groups excluding tert-OH is 2. The van der Waals surface area contributed by atoms with Gasteiger partial charge < -0.3 is 19.5 Å². The molecule has 104 valence electrons. The Hall–Kier alpha value is -0.0217. The number of aliphatic hydroxyl groups is 2. The van der Waals surface area contributed by atoms with Crippen LogP contribution in [-0.2, 0) is 25.8 Å². The molecule has 0 amide bonds. The summed E-state index contributed by atoms with van der Waals surface area (Å²) in [4.78, 5) is 0. The molecule has 0 aromatic heterocycles. The van der Waals surface area contributed by atoms with Gasteiger partial charge in [0.05, 0.1) is 13.2 Å². The Morgan fingerprint density at radius 2 is 1.94 bits per heavy atom. The fraction of sp³-hybridized carbons (Fsp3) is 0.455. The van der Waals surface area contributed by atoms with E-state index in [0.29, 0.717) is 6.61 Å². The topological polar surface area (TPSA) is 71.0 Å². The second-order valence-corrected chi connectivity index (χ2v) is 3.75. The Balaban J connectivity index is 0. The second kappa shape index (κ2) is 15.0. The summed E-state index contributed by atoms with van der Waals surface area (Å²) in [5.74, 6) is 0.809. The minimum absolute atomic E-state index is 0. The normalized spacial score (nSPS) is 11.3. The average Bonchev–Trinajstić information content (AvgIpc) is 2.32. The molecule has 18 heavy (non-hydrogen) atoms. The van der Waals surface area contributed by atoms with Crippen LogP contribution in [0, 0.1) is 0 Å². The second-order valence-electron chi connectivity index (χ2n) is 3.05. The van der Waals surface area contributed by atoms with Crippen molar-refractivity contribution in [3.8, 4) is 5.75 Å². The Morgan fingerprint density at radius 1 is 1.33 bits per heavy atom. The predicted molar refractivity (Wildman–Crippen MR) is 69.2 cm³/mol. The van der Waals surface area contributed by atoms with Gasteiger partial charge in [0.25, 0.3) is 0 Å². The fourth-order valence-electron chi connectivity index (χ4n) is 0.753. The molecule has 0 aliphatic carbocycles. The van der Waals surface area contributed by atoms with Gasteiger partial charge in [0.1, 0.15) is 20.9 Å². The first-order valence-corrected chi connectivity index (χ1v) is 6.11. The molecular formula is C11H20NO4PW. The van der Waals surface area contributed by atoms with Crippen LogP contribution in [0.25, 0.3) is 0 Å². The van der Waals surface area contributed by atoms with Crippen LogP contribution in [0.15, 0.2) is 30.3 Å². The van der Waals surface area contributed by atoms with Crippen LogP contribution < -0.4 is 9.61 Å². The Labute approximate surface area is 124 Å². The third-order valence-corrected chi connectivity index (χ3v) is 2.35. The largest absolute Gasteiger partial charge is 0.461 e. The Morgan fingerprint density at radius 3 is 2.33 bits per heavy atom. The van der Waals surface area contributed by atoms with Gasteiger partial charge in [-0.05, 0) is 19.1 Å². The molecule has 3 N–H and O–H groups in total. The summed E-state index contributed by atoms with van der Waals surface area (Å²) < 4.78 is 9.71. The molecule has 0 aliphatic heterocycles. The summed E-state index contributed by atoms with van der Waals surface area (Å²) in [5.41, 5.74) is 0. The summed E-state index contributed by atoms with van der Waals surface area (Å²) in [7, 11) is 1.64. The van der Waals surface area contributed by atoms with Crippen molar-refractivity contribution in [2.24, 2.45) is 0 Å². The van der Waals surface area contributed by atoms with Crippen LogP contribution in [-0.4, -0.2) is 36.8 Å². The molecule has 0 saturated heterocycles. The summed E-state index contributed by atoms with van der Waals surface area (Å²) in [6.45, 7) is 2.22. The molecule has 0 fully saturated rings. The van der Waals surface area contributed by atoms with Gasteiger partial charge in [-0.1, -0.05) is 18.2 Å². The molecular weight excluding hydrogens is 425 g/mol. The van der Waals surface area contributed by atoms with E-state index < -0.39 is 6.23 Å². The van der Waals surface area contributed by atoms with Crippen molar-refractivity contribution in [2.75, 3.05) is 20.3 Å². The van der Waals surface area contributed by atoms with Gasteiger partial charge in [-0.25, -0.2) is 5.09 Å². The van der Waals surface area contributed by atoms with Gasteiger partial charge in [-0.3, -0.25) is 0 Å². The predicted octanol–water partition coefficient (Wildman–Crippen LogP) is 1.12. The van der Waals surface area contributed by atoms with E-state index in [-0.39, 0.29) is 36.6 Å². The standard InChI is InChI=1S/C8H12NO2P.C3H8O2.W/c1-7(10)9-12-11-8-5-3-2-4-6-8;1-5-3-2-4;/h2-7,9-10,12H,1H3;4H,2-3H2,1H3;/t7-;;/m1../s1. The van der Waals surface area contributed by atoms with Crippen molar-refractivity contribution < 1.29 is 40.5 Å². The zero-order valence-corrected chi connectivity index (χ0v) is 14.4. The van der Waals surface area contributed by atoms with Gasteiger partial charge in [-0.15, -0.1) is 0 Å². The molecule has 1 aromatic carbocycles. The average molecular weight is 445 g/mol. The van der Waals surface area contributed by atoms with Crippen LogP contribution in [0.2, 0.25) is 0 Å². The SMILES string of the molecule is COCCO.C[C@@H](O)NPOc1ccccc1.[W]. The molecule has 0 radical (unpaired) electrons. The minimum atomic E-state index is -0.521. The summed E-state index contributed by atoms with van der Waals surface area (Å²) in [6.07, 6.45) is -0.521. The molecule has 7 heteroatoms. The molecule has 0 spiro atoms. The molecule has 1 aromatic rings. The van der Waals surface area contributed by atoms with Crippen molar-refractivity contribution in [3.63, 3.8) is 0 Å². The smallest absolute Gasteiger partial charge is 0.148 e. The molecule has 0 aliphatic rings. The van der Waals surface area contributed by atoms with Crippen molar-refractivity contribution in [2.45, 2.75) is 13.2 Å². The summed E-state index contributed by atoms with van der Waals surface area (Å²) in [5, 5.41) is 19.5.